The summed E-state index contributed by atoms with van der Waals surface area (Å²) in [7, 11) is 0. The number of hydrogen-bond acceptors (Lipinski definition) is 3. The van der Waals surface area contributed by atoms with Crippen molar-refractivity contribution in [3.63, 3.8) is 0 Å². The third-order valence-electron chi connectivity index (χ3n) is 4.00. The fourth-order valence-corrected chi connectivity index (χ4v) is 2.92. The van der Waals surface area contributed by atoms with Crippen molar-refractivity contribution in [2.75, 3.05) is 5.32 Å². The highest BCUT2D eigenvalue weighted by molar-refractivity contribution is 6.34. The highest BCUT2D eigenvalue weighted by Gasteiger charge is 2.11. The molecule has 0 fully saturated rings. The van der Waals surface area contributed by atoms with E-state index in [1.165, 1.54) is 6.08 Å². The lowest BCUT2D eigenvalue weighted by Crippen LogP contribution is -2.12. The molecule has 136 valence electrons. The number of rotatable bonds is 5. The zero-order valence-corrected chi connectivity index (χ0v) is 15.7. The Balaban J connectivity index is 1.74. The third kappa shape index (κ3) is 4.54. The zero-order valence-electron chi connectivity index (χ0n) is 15.0. The molecule has 3 aromatic rings. The first-order valence-corrected chi connectivity index (χ1v) is 8.77. The van der Waals surface area contributed by atoms with Crippen LogP contribution in [0.5, 0.6) is 0 Å². The quantitative estimate of drug-likeness (QED) is 0.457. The summed E-state index contributed by atoms with van der Waals surface area (Å²) in [5.41, 5.74) is 2.36. The monoisotopic (exact) mass is 379 g/mol. The number of aryl methyl sites for hydroxylation is 2. The molecule has 0 spiro atoms. The second-order valence-corrected chi connectivity index (χ2v) is 6.49. The van der Waals surface area contributed by atoms with Crippen LogP contribution in [0.4, 0.5) is 5.69 Å². The number of hydrogen-bond donors (Lipinski definition) is 1. The van der Waals surface area contributed by atoms with E-state index in [2.05, 4.69) is 5.32 Å². The lowest BCUT2D eigenvalue weighted by atomic mass is 10.1. The van der Waals surface area contributed by atoms with Crippen LogP contribution in [-0.2, 0) is 0 Å². The third-order valence-corrected chi connectivity index (χ3v) is 4.33. The molecule has 2 aromatic carbocycles. The van der Waals surface area contributed by atoms with Gasteiger partial charge in [0.1, 0.15) is 11.5 Å². The van der Waals surface area contributed by atoms with E-state index in [1.807, 2.05) is 6.07 Å². The molecule has 0 radical (unpaired) electrons. The van der Waals surface area contributed by atoms with E-state index in [0.717, 1.165) is 5.56 Å². The van der Waals surface area contributed by atoms with Crippen molar-refractivity contribution in [2.24, 2.45) is 0 Å². The van der Waals surface area contributed by atoms with Gasteiger partial charge >= 0.3 is 0 Å². The van der Waals surface area contributed by atoms with Gasteiger partial charge in [0.05, 0.1) is 16.1 Å². The maximum absolute atomic E-state index is 12.4. The molecule has 0 saturated heterocycles. The number of amides is 1. The fourth-order valence-electron chi connectivity index (χ4n) is 2.70. The Morgan fingerprint density at radius 2 is 1.78 bits per heavy atom. The van der Waals surface area contributed by atoms with Crippen LogP contribution in [0.15, 0.2) is 65.1 Å². The summed E-state index contributed by atoms with van der Waals surface area (Å²) in [5.74, 6) is 0.883. The van der Waals surface area contributed by atoms with Gasteiger partial charge < -0.3 is 9.73 Å². The molecule has 0 bridgehead atoms. The highest BCUT2D eigenvalue weighted by Crippen LogP contribution is 2.19. The Bertz CT molecular complexity index is 1030. The molecular formula is C22H18ClNO3. The minimum atomic E-state index is -0.290. The first-order chi connectivity index (χ1) is 12.9. The Morgan fingerprint density at radius 1 is 1.00 bits per heavy atom. The first-order valence-electron chi connectivity index (χ1n) is 8.39. The SMILES string of the molecule is Cc1cc(C(=O)/C=C/c2cccc(NC(=O)c3ccccc3Cl)c2)c(C)o1. The number of benzene rings is 2. The summed E-state index contributed by atoms with van der Waals surface area (Å²) in [6, 6.07) is 15.8. The van der Waals surface area contributed by atoms with E-state index in [4.69, 9.17) is 16.0 Å². The van der Waals surface area contributed by atoms with Gasteiger partial charge in [-0.3, -0.25) is 9.59 Å². The van der Waals surface area contributed by atoms with Crippen LogP contribution in [0, 0.1) is 13.8 Å². The number of halogens is 1. The minimum absolute atomic E-state index is 0.130. The van der Waals surface area contributed by atoms with E-state index >= 15 is 0 Å². The molecule has 1 aromatic heterocycles. The number of allylic oxidation sites excluding steroid dienone is 1. The summed E-state index contributed by atoms with van der Waals surface area (Å²) in [6.45, 7) is 3.57. The van der Waals surface area contributed by atoms with Gasteiger partial charge in [-0.1, -0.05) is 41.9 Å². The van der Waals surface area contributed by atoms with Gasteiger partial charge in [-0.15, -0.1) is 0 Å². The van der Waals surface area contributed by atoms with Crippen molar-refractivity contribution in [1.29, 1.82) is 0 Å². The summed E-state index contributed by atoms with van der Waals surface area (Å²) in [5, 5.41) is 3.21. The number of nitrogens with one attached hydrogen (secondary N) is 1. The summed E-state index contributed by atoms with van der Waals surface area (Å²) in [6.07, 6.45) is 3.20. The molecule has 0 aliphatic heterocycles. The van der Waals surface area contributed by atoms with Crippen LogP contribution in [0.3, 0.4) is 0 Å². The lowest BCUT2D eigenvalue weighted by molar-refractivity contribution is 0.102. The van der Waals surface area contributed by atoms with Crippen molar-refractivity contribution >= 4 is 35.1 Å². The van der Waals surface area contributed by atoms with Gasteiger partial charge in [-0.05, 0) is 55.8 Å². The number of carbonyl (C=O) groups excluding carboxylic acids is 2. The fraction of sp³-hybridized carbons (Fsp3) is 0.0909. The van der Waals surface area contributed by atoms with Gasteiger partial charge in [0, 0.05) is 5.69 Å². The van der Waals surface area contributed by atoms with Gasteiger partial charge in [0.25, 0.3) is 5.91 Å². The number of carbonyl (C=O) groups is 2. The Kier molecular flexibility index (Phi) is 5.57. The largest absolute Gasteiger partial charge is 0.466 e. The molecule has 0 saturated carbocycles. The van der Waals surface area contributed by atoms with E-state index in [1.54, 1.807) is 68.5 Å². The van der Waals surface area contributed by atoms with Gasteiger partial charge in [0.15, 0.2) is 5.78 Å². The van der Waals surface area contributed by atoms with E-state index in [0.29, 0.717) is 33.4 Å². The first kappa shape index (κ1) is 18.7. The maximum atomic E-state index is 12.4. The molecule has 3 rings (SSSR count). The summed E-state index contributed by atoms with van der Waals surface area (Å²) in [4.78, 5) is 24.7. The molecule has 0 atom stereocenters. The van der Waals surface area contributed by atoms with Crippen LogP contribution in [-0.4, -0.2) is 11.7 Å². The number of ketones is 1. The molecule has 27 heavy (non-hydrogen) atoms. The standard InChI is InChI=1S/C22H18ClNO3/c1-14-12-19(15(2)27-14)21(25)11-10-16-6-5-7-17(13-16)24-22(26)18-8-3-4-9-20(18)23/h3-13H,1-2H3,(H,24,26)/b11-10+. The molecule has 5 heteroatoms. The highest BCUT2D eigenvalue weighted by atomic mass is 35.5. The van der Waals surface area contributed by atoms with Crippen molar-refractivity contribution in [1.82, 2.24) is 0 Å². The molecule has 1 N–H and O–H groups in total. The Labute approximate surface area is 162 Å². The lowest BCUT2D eigenvalue weighted by Gasteiger charge is -2.07. The van der Waals surface area contributed by atoms with Gasteiger partial charge in [-0.25, -0.2) is 0 Å². The second-order valence-electron chi connectivity index (χ2n) is 6.08. The molecule has 0 aliphatic carbocycles. The van der Waals surface area contributed by atoms with Gasteiger partial charge in [-0.2, -0.15) is 0 Å². The smallest absolute Gasteiger partial charge is 0.257 e. The van der Waals surface area contributed by atoms with Crippen LogP contribution < -0.4 is 5.32 Å². The Morgan fingerprint density at radius 3 is 2.48 bits per heavy atom. The normalized spacial score (nSPS) is 10.9. The molecule has 0 unspecified atom stereocenters. The van der Waals surface area contributed by atoms with Crippen molar-refractivity contribution in [3.05, 3.63) is 93.9 Å². The van der Waals surface area contributed by atoms with E-state index < -0.39 is 0 Å². The average molecular weight is 380 g/mol. The summed E-state index contributed by atoms with van der Waals surface area (Å²) >= 11 is 6.06. The molecule has 1 heterocycles. The number of furan rings is 1. The topological polar surface area (TPSA) is 59.3 Å². The van der Waals surface area contributed by atoms with Crippen LogP contribution in [0.25, 0.3) is 6.08 Å². The number of anilines is 1. The molecular weight excluding hydrogens is 362 g/mol. The Hall–Kier alpha value is -3.11. The predicted molar refractivity (Wildman–Crippen MR) is 107 cm³/mol. The maximum Gasteiger partial charge on any atom is 0.257 e. The van der Waals surface area contributed by atoms with E-state index in [-0.39, 0.29) is 11.7 Å². The summed E-state index contributed by atoms with van der Waals surface area (Å²) < 4.78 is 5.39. The van der Waals surface area contributed by atoms with E-state index in [9.17, 15) is 9.59 Å². The zero-order chi connectivity index (χ0) is 19.4. The second kappa shape index (κ2) is 8.06. The predicted octanol–water partition coefficient (Wildman–Crippen LogP) is 5.70. The van der Waals surface area contributed by atoms with Crippen LogP contribution in [0.1, 0.15) is 37.8 Å². The molecule has 0 aliphatic rings. The molecule has 1 amide bonds. The van der Waals surface area contributed by atoms with Crippen LogP contribution in [0.2, 0.25) is 5.02 Å². The van der Waals surface area contributed by atoms with Crippen molar-refractivity contribution in [2.45, 2.75) is 13.8 Å². The molecule has 4 nitrogen and oxygen atoms in total. The van der Waals surface area contributed by atoms with Crippen molar-refractivity contribution < 1.29 is 14.0 Å². The van der Waals surface area contributed by atoms with Crippen molar-refractivity contribution in [3.8, 4) is 0 Å². The van der Waals surface area contributed by atoms with Gasteiger partial charge in [0.2, 0.25) is 0 Å². The average Bonchev–Trinajstić information content (AvgIpc) is 2.98. The van der Waals surface area contributed by atoms with Crippen LogP contribution >= 0.6 is 11.6 Å². The minimum Gasteiger partial charge on any atom is -0.466 e.